The Morgan fingerprint density at radius 1 is 1.36 bits per heavy atom. The summed E-state index contributed by atoms with van der Waals surface area (Å²) in [6, 6.07) is 0. The van der Waals surface area contributed by atoms with Gasteiger partial charge in [-0.3, -0.25) is 0 Å². The number of ether oxygens (including phenoxy) is 1. The highest BCUT2D eigenvalue weighted by Crippen LogP contribution is 2.07. The van der Waals surface area contributed by atoms with E-state index in [1.54, 1.807) is 0 Å². The number of carboxylic acid groups (broad SMARTS) is 2. The molecule has 0 aromatic heterocycles. The van der Waals surface area contributed by atoms with Gasteiger partial charge >= 0.3 is 11.9 Å². The standard InChI is InChI=1S/C4H9NO.C4H4O4/c5-3-4-1-2-6-4;5-3(6)1-2-4(7)8/h4H,1-3,5H2;1-2H,(H,5,6)(H,7,8)/b;2-1+. The zero-order valence-corrected chi connectivity index (χ0v) is 7.55. The van der Waals surface area contributed by atoms with Crippen molar-refractivity contribution in [1.82, 2.24) is 0 Å². The van der Waals surface area contributed by atoms with Crippen LogP contribution in [0.1, 0.15) is 6.42 Å². The number of carbonyl (C=O) groups is 2. The molecular weight excluding hydrogens is 190 g/mol. The minimum absolute atomic E-state index is 0.394. The van der Waals surface area contributed by atoms with Crippen LogP contribution in [0, 0.1) is 0 Å². The van der Waals surface area contributed by atoms with Gasteiger partial charge in [-0.25, -0.2) is 9.59 Å². The van der Waals surface area contributed by atoms with Gasteiger partial charge in [-0.05, 0) is 6.42 Å². The summed E-state index contributed by atoms with van der Waals surface area (Å²) in [5, 5.41) is 15.6. The first-order valence-corrected chi connectivity index (χ1v) is 4.02. The second-order valence-electron chi connectivity index (χ2n) is 2.53. The molecule has 0 aromatic rings. The number of rotatable bonds is 3. The third kappa shape index (κ3) is 7.26. The molecule has 1 aliphatic heterocycles. The van der Waals surface area contributed by atoms with Crippen molar-refractivity contribution in [2.45, 2.75) is 12.5 Å². The first kappa shape index (κ1) is 12.6. The Morgan fingerprint density at radius 2 is 1.79 bits per heavy atom. The van der Waals surface area contributed by atoms with E-state index in [9.17, 15) is 9.59 Å². The lowest BCUT2D eigenvalue weighted by atomic mass is 10.2. The second kappa shape index (κ2) is 7.05. The Labute approximate surface area is 81.0 Å². The Hall–Kier alpha value is -1.40. The lowest BCUT2D eigenvalue weighted by Crippen LogP contribution is -2.33. The van der Waals surface area contributed by atoms with Gasteiger partial charge in [-0.2, -0.15) is 0 Å². The van der Waals surface area contributed by atoms with Gasteiger partial charge in [0.25, 0.3) is 0 Å². The Balaban J connectivity index is 0.000000249. The van der Waals surface area contributed by atoms with Crippen molar-refractivity contribution >= 4 is 11.9 Å². The zero-order valence-electron chi connectivity index (χ0n) is 7.55. The van der Waals surface area contributed by atoms with Crippen molar-refractivity contribution < 1.29 is 24.5 Å². The second-order valence-corrected chi connectivity index (χ2v) is 2.53. The summed E-state index contributed by atoms with van der Waals surface area (Å²) in [5.41, 5.74) is 5.21. The summed E-state index contributed by atoms with van der Waals surface area (Å²) >= 11 is 0. The van der Waals surface area contributed by atoms with Crippen LogP contribution in [0.2, 0.25) is 0 Å². The van der Waals surface area contributed by atoms with Crippen LogP contribution >= 0.6 is 0 Å². The molecule has 0 bridgehead atoms. The molecule has 1 fully saturated rings. The maximum Gasteiger partial charge on any atom is 0.328 e. The molecule has 0 aliphatic carbocycles. The van der Waals surface area contributed by atoms with E-state index in [4.69, 9.17) is 20.7 Å². The molecule has 0 aromatic carbocycles. The van der Waals surface area contributed by atoms with E-state index in [2.05, 4.69) is 0 Å². The lowest BCUT2D eigenvalue weighted by molar-refractivity contribution is -0.134. The van der Waals surface area contributed by atoms with Crippen LogP contribution in [0.4, 0.5) is 0 Å². The van der Waals surface area contributed by atoms with Crippen molar-refractivity contribution in [3.8, 4) is 0 Å². The quantitative estimate of drug-likeness (QED) is 0.530. The molecule has 14 heavy (non-hydrogen) atoms. The Bertz CT molecular complexity index is 203. The van der Waals surface area contributed by atoms with Crippen molar-refractivity contribution in [2.24, 2.45) is 5.73 Å². The minimum atomic E-state index is -1.26. The molecule has 6 heteroatoms. The van der Waals surface area contributed by atoms with Crippen molar-refractivity contribution in [1.29, 1.82) is 0 Å². The fourth-order valence-electron chi connectivity index (χ4n) is 0.613. The third-order valence-electron chi connectivity index (χ3n) is 1.42. The van der Waals surface area contributed by atoms with Gasteiger partial charge in [0.05, 0.1) is 6.10 Å². The van der Waals surface area contributed by atoms with Crippen LogP contribution < -0.4 is 5.73 Å². The lowest BCUT2D eigenvalue weighted by Gasteiger charge is -2.24. The average Bonchev–Trinajstić information content (AvgIpc) is 2.00. The van der Waals surface area contributed by atoms with E-state index in [1.807, 2.05) is 0 Å². The van der Waals surface area contributed by atoms with Gasteiger partial charge < -0.3 is 20.7 Å². The molecule has 0 saturated carbocycles. The van der Waals surface area contributed by atoms with Crippen molar-refractivity contribution in [2.75, 3.05) is 13.2 Å². The van der Waals surface area contributed by atoms with E-state index in [0.717, 1.165) is 13.0 Å². The van der Waals surface area contributed by atoms with Gasteiger partial charge in [-0.1, -0.05) is 0 Å². The van der Waals surface area contributed by atoms with Crippen LogP contribution in [-0.2, 0) is 14.3 Å². The first-order chi connectivity index (χ1) is 6.56. The molecule has 1 aliphatic rings. The molecule has 0 amide bonds. The smallest absolute Gasteiger partial charge is 0.328 e. The van der Waals surface area contributed by atoms with E-state index < -0.39 is 11.9 Å². The highest BCUT2D eigenvalue weighted by molar-refractivity contribution is 5.89. The van der Waals surface area contributed by atoms with Crippen LogP contribution in [-0.4, -0.2) is 41.4 Å². The maximum atomic E-state index is 9.55. The molecule has 80 valence electrons. The van der Waals surface area contributed by atoms with Gasteiger partial charge in [-0.15, -0.1) is 0 Å². The molecule has 1 unspecified atom stereocenters. The number of aliphatic carboxylic acids is 2. The molecule has 0 radical (unpaired) electrons. The predicted octanol–water partition coefficient (Wildman–Crippen LogP) is -0.554. The van der Waals surface area contributed by atoms with Crippen LogP contribution in [0.25, 0.3) is 0 Å². The maximum absolute atomic E-state index is 9.55. The summed E-state index contributed by atoms with van der Waals surface area (Å²) in [6.07, 6.45) is 2.67. The summed E-state index contributed by atoms with van der Waals surface area (Å²) in [7, 11) is 0. The molecule has 4 N–H and O–H groups in total. The highest BCUT2D eigenvalue weighted by atomic mass is 16.5. The molecule has 1 rings (SSSR count). The summed E-state index contributed by atoms with van der Waals surface area (Å²) in [5.74, 6) is -2.51. The number of hydrogen-bond acceptors (Lipinski definition) is 4. The molecule has 1 atom stereocenters. The van der Waals surface area contributed by atoms with Gasteiger partial charge in [0.15, 0.2) is 0 Å². The van der Waals surface area contributed by atoms with Crippen LogP contribution in [0.3, 0.4) is 0 Å². The fourth-order valence-corrected chi connectivity index (χ4v) is 0.613. The number of carboxylic acids is 2. The van der Waals surface area contributed by atoms with E-state index in [-0.39, 0.29) is 0 Å². The minimum Gasteiger partial charge on any atom is -0.478 e. The van der Waals surface area contributed by atoms with Crippen molar-refractivity contribution in [3.63, 3.8) is 0 Å². The Kier molecular flexibility index (Phi) is 6.34. The monoisotopic (exact) mass is 203 g/mol. The number of hydrogen-bond donors (Lipinski definition) is 3. The van der Waals surface area contributed by atoms with E-state index >= 15 is 0 Å². The first-order valence-electron chi connectivity index (χ1n) is 4.02. The normalized spacial score (nSPS) is 19.4. The van der Waals surface area contributed by atoms with Crippen LogP contribution in [0.15, 0.2) is 12.2 Å². The van der Waals surface area contributed by atoms with Gasteiger partial charge in [0.2, 0.25) is 0 Å². The molecule has 0 spiro atoms. The molecule has 1 heterocycles. The van der Waals surface area contributed by atoms with Crippen molar-refractivity contribution in [3.05, 3.63) is 12.2 Å². The largest absolute Gasteiger partial charge is 0.478 e. The van der Waals surface area contributed by atoms with E-state index in [1.165, 1.54) is 0 Å². The molecule has 6 nitrogen and oxygen atoms in total. The van der Waals surface area contributed by atoms with Crippen LogP contribution in [0.5, 0.6) is 0 Å². The SMILES string of the molecule is NCC1CCO1.O=C(O)/C=C/C(=O)O. The van der Waals surface area contributed by atoms with Gasteiger partial charge in [0, 0.05) is 25.3 Å². The average molecular weight is 203 g/mol. The van der Waals surface area contributed by atoms with Gasteiger partial charge in [0.1, 0.15) is 0 Å². The summed E-state index contributed by atoms with van der Waals surface area (Å²) < 4.78 is 4.95. The number of nitrogens with two attached hydrogens (primary N) is 1. The predicted molar refractivity (Wildman–Crippen MR) is 47.8 cm³/mol. The zero-order chi connectivity index (χ0) is 11.0. The van der Waals surface area contributed by atoms with E-state index in [0.29, 0.717) is 24.8 Å². The topological polar surface area (TPSA) is 110 Å². The summed E-state index contributed by atoms with van der Waals surface area (Å²) in [6.45, 7) is 1.61. The summed E-state index contributed by atoms with van der Waals surface area (Å²) in [4.78, 5) is 19.1. The Morgan fingerprint density at radius 3 is 1.86 bits per heavy atom. The highest BCUT2D eigenvalue weighted by Gasteiger charge is 2.14. The third-order valence-corrected chi connectivity index (χ3v) is 1.42. The fraction of sp³-hybridized carbons (Fsp3) is 0.500. The molecular formula is C8H13NO5. The molecule has 1 saturated heterocycles.